The van der Waals surface area contributed by atoms with Crippen LogP contribution in [0.1, 0.15) is 16.1 Å². The van der Waals surface area contributed by atoms with Gasteiger partial charge in [0.15, 0.2) is 0 Å². The largest absolute Gasteiger partial charge is 0.405 e. The highest BCUT2D eigenvalue weighted by atomic mass is 35.5. The Labute approximate surface area is 146 Å². The van der Waals surface area contributed by atoms with Gasteiger partial charge in [-0.05, 0) is 19.1 Å². The zero-order valence-corrected chi connectivity index (χ0v) is 13.8. The molecule has 134 valence electrons. The molecule has 0 atom stereocenters. The number of para-hydroxylation sites is 1. The monoisotopic (exact) mass is 374 g/mol. The van der Waals surface area contributed by atoms with Crippen molar-refractivity contribution >= 4 is 23.4 Å². The summed E-state index contributed by atoms with van der Waals surface area (Å²) in [5.74, 6) is -1.67. The molecule has 25 heavy (non-hydrogen) atoms. The van der Waals surface area contributed by atoms with E-state index in [0.29, 0.717) is 11.4 Å². The van der Waals surface area contributed by atoms with Crippen LogP contribution in [0.5, 0.6) is 0 Å². The molecule has 1 aromatic heterocycles. The summed E-state index contributed by atoms with van der Waals surface area (Å²) in [4.78, 5) is 23.5. The quantitative estimate of drug-likeness (QED) is 0.842. The highest BCUT2D eigenvalue weighted by Gasteiger charge is 2.28. The average Bonchev–Trinajstić information content (AvgIpc) is 2.85. The van der Waals surface area contributed by atoms with Gasteiger partial charge in [-0.15, -0.1) is 0 Å². The van der Waals surface area contributed by atoms with Gasteiger partial charge >= 0.3 is 6.18 Å². The molecule has 2 N–H and O–H groups in total. The second kappa shape index (κ2) is 7.56. The Hall–Kier alpha value is -2.55. The zero-order valence-electron chi connectivity index (χ0n) is 13.0. The second-order valence-corrected chi connectivity index (χ2v) is 5.43. The molecule has 2 aromatic rings. The number of hydrogen-bond acceptors (Lipinski definition) is 3. The number of nitrogens with zero attached hydrogens (tertiary/aromatic N) is 2. The Morgan fingerprint density at radius 1 is 1.20 bits per heavy atom. The maximum absolute atomic E-state index is 12.2. The fraction of sp³-hybridized carbons (Fsp3) is 0.267. The first-order valence-corrected chi connectivity index (χ1v) is 7.49. The Balaban J connectivity index is 2.05. The van der Waals surface area contributed by atoms with Crippen LogP contribution in [0.3, 0.4) is 0 Å². The van der Waals surface area contributed by atoms with Gasteiger partial charge in [-0.25, -0.2) is 4.68 Å². The third-order valence-corrected chi connectivity index (χ3v) is 3.48. The zero-order chi connectivity index (χ0) is 18.6. The normalized spacial score (nSPS) is 11.2. The summed E-state index contributed by atoms with van der Waals surface area (Å²) in [6.45, 7) is -0.515. The molecule has 1 heterocycles. The molecule has 0 spiro atoms. The minimum absolute atomic E-state index is 0.0388. The molecular formula is C15H14ClF3N4O2. The lowest BCUT2D eigenvalue weighted by atomic mass is 10.2. The standard InChI is InChI=1S/C15H14ClF3N4O2/c1-9-12(13(16)23(22-9)10-5-3-2-4-6-10)14(25)20-7-11(24)21-8-15(17,18)19/h2-6H,7-8H2,1H3,(H,20,25)(H,21,24). The van der Waals surface area contributed by atoms with E-state index in [1.165, 1.54) is 4.68 Å². The van der Waals surface area contributed by atoms with Crippen LogP contribution < -0.4 is 10.6 Å². The first kappa shape index (κ1) is 18.8. The van der Waals surface area contributed by atoms with Gasteiger partial charge in [-0.1, -0.05) is 29.8 Å². The molecule has 10 heteroatoms. The number of nitrogens with one attached hydrogen (secondary N) is 2. The summed E-state index contributed by atoms with van der Waals surface area (Å²) < 4.78 is 37.4. The topological polar surface area (TPSA) is 76.0 Å². The number of halogens is 4. The molecular weight excluding hydrogens is 361 g/mol. The fourth-order valence-electron chi connectivity index (χ4n) is 2.01. The number of carbonyl (C=O) groups is 2. The van der Waals surface area contributed by atoms with E-state index in [0.717, 1.165) is 0 Å². The van der Waals surface area contributed by atoms with Crippen LogP contribution in [0.2, 0.25) is 5.15 Å². The molecule has 0 aliphatic rings. The van der Waals surface area contributed by atoms with Gasteiger partial charge in [0.25, 0.3) is 5.91 Å². The van der Waals surface area contributed by atoms with Crippen LogP contribution in [-0.2, 0) is 4.79 Å². The Morgan fingerprint density at radius 2 is 1.84 bits per heavy atom. The van der Waals surface area contributed by atoms with Crippen molar-refractivity contribution < 1.29 is 22.8 Å². The minimum atomic E-state index is -4.52. The minimum Gasteiger partial charge on any atom is -0.345 e. The molecule has 0 aliphatic carbocycles. The third-order valence-electron chi connectivity index (χ3n) is 3.13. The highest BCUT2D eigenvalue weighted by molar-refractivity contribution is 6.33. The average molecular weight is 375 g/mol. The first-order valence-electron chi connectivity index (χ1n) is 7.11. The number of hydrogen-bond donors (Lipinski definition) is 2. The van der Waals surface area contributed by atoms with E-state index in [9.17, 15) is 22.8 Å². The molecule has 1 aromatic carbocycles. The molecule has 0 saturated heterocycles. The van der Waals surface area contributed by atoms with Gasteiger partial charge in [-0.3, -0.25) is 9.59 Å². The molecule has 0 saturated carbocycles. The molecule has 0 aliphatic heterocycles. The highest BCUT2D eigenvalue weighted by Crippen LogP contribution is 2.23. The summed E-state index contributed by atoms with van der Waals surface area (Å²) in [5.41, 5.74) is 1.01. The Bertz CT molecular complexity index is 775. The van der Waals surface area contributed by atoms with E-state index < -0.39 is 31.1 Å². The van der Waals surface area contributed by atoms with Crippen LogP contribution in [0.25, 0.3) is 5.69 Å². The maximum atomic E-state index is 12.2. The number of alkyl halides is 3. The van der Waals surface area contributed by atoms with Crippen molar-refractivity contribution in [3.63, 3.8) is 0 Å². The summed E-state index contributed by atoms with van der Waals surface area (Å²) in [6.07, 6.45) is -4.52. The van der Waals surface area contributed by atoms with Crippen molar-refractivity contribution in [2.75, 3.05) is 13.1 Å². The van der Waals surface area contributed by atoms with E-state index in [1.54, 1.807) is 42.6 Å². The van der Waals surface area contributed by atoms with Crippen molar-refractivity contribution in [1.82, 2.24) is 20.4 Å². The maximum Gasteiger partial charge on any atom is 0.405 e. The van der Waals surface area contributed by atoms with Crippen LogP contribution in [0.4, 0.5) is 13.2 Å². The molecule has 0 unspecified atom stereocenters. The molecule has 2 amide bonds. The smallest absolute Gasteiger partial charge is 0.345 e. The Morgan fingerprint density at radius 3 is 2.44 bits per heavy atom. The lowest BCUT2D eigenvalue weighted by molar-refractivity contribution is -0.137. The molecule has 0 radical (unpaired) electrons. The third kappa shape index (κ3) is 4.96. The van der Waals surface area contributed by atoms with Gasteiger partial charge in [0.05, 0.1) is 23.5 Å². The van der Waals surface area contributed by atoms with Crippen LogP contribution in [0.15, 0.2) is 30.3 Å². The van der Waals surface area contributed by atoms with Crippen molar-refractivity contribution in [3.8, 4) is 5.69 Å². The van der Waals surface area contributed by atoms with Gasteiger partial charge in [0, 0.05) is 0 Å². The van der Waals surface area contributed by atoms with Gasteiger partial charge in [-0.2, -0.15) is 18.3 Å². The molecule has 6 nitrogen and oxygen atoms in total. The van der Waals surface area contributed by atoms with E-state index in [1.807, 2.05) is 0 Å². The van der Waals surface area contributed by atoms with Crippen LogP contribution in [-0.4, -0.2) is 40.9 Å². The van der Waals surface area contributed by atoms with Crippen molar-refractivity contribution in [2.45, 2.75) is 13.1 Å². The number of rotatable bonds is 5. The Kier molecular flexibility index (Phi) is 5.68. The second-order valence-electron chi connectivity index (χ2n) is 5.07. The van der Waals surface area contributed by atoms with E-state index in [2.05, 4.69) is 10.4 Å². The number of amides is 2. The van der Waals surface area contributed by atoms with Crippen molar-refractivity contribution in [3.05, 3.63) is 46.7 Å². The summed E-state index contributed by atoms with van der Waals surface area (Å²) in [6, 6.07) is 8.83. The predicted molar refractivity (Wildman–Crippen MR) is 84.7 cm³/mol. The van der Waals surface area contributed by atoms with E-state index in [-0.39, 0.29) is 10.7 Å². The fourth-order valence-corrected chi connectivity index (χ4v) is 2.37. The summed E-state index contributed by atoms with van der Waals surface area (Å²) >= 11 is 6.19. The number of carbonyl (C=O) groups excluding carboxylic acids is 2. The molecule has 0 bridgehead atoms. The van der Waals surface area contributed by atoms with Crippen LogP contribution in [0, 0.1) is 6.92 Å². The van der Waals surface area contributed by atoms with Gasteiger partial charge in [0.2, 0.25) is 5.91 Å². The number of aryl methyl sites for hydroxylation is 1. The molecule has 0 fully saturated rings. The van der Waals surface area contributed by atoms with Gasteiger partial charge in [0.1, 0.15) is 11.7 Å². The lowest BCUT2D eigenvalue weighted by Crippen LogP contribution is -2.41. The predicted octanol–water partition coefficient (Wildman–Crippen LogP) is 2.24. The van der Waals surface area contributed by atoms with Crippen LogP contribution >= 0.6 is 11.6 Å². The first-order chi connectivity index (χ1) is 11.7. The lowest BCUT2D eigenvalue weighted by Gasteiger charge is -2.09. The summed E-state index contributed by atoms with van der Waals surface area (Å²) in [5, 5.41) is 8.09. The van der Waals surface area contributed by atoms with E-state index >= 15 is 0 Å². The van der Waals surface area contributed by atoms with E-state index in [4.69, 9.17) is 11.6 Å². The van der Waals surface area contributed by atoms with Crippen molar-refractivity contribution in [1.29, 1.82) is 0 Å². The summed E-state index contributed by atoms with van der Waals surface area (Å²) in [7, 11) is 0. The number of benzene rings is 1. The number of aromatic nitrogens is 2. The van der Waals surface area contributed by atoms with Crippen molar-refractivity contribution in [2.24, 2.45) is 0 Å². The molecule has 2 rings (SSSR count). The SMILES string of the molecule is Cc1nn(-c2ccccc2)c(Cl)c1C(=O)NCC(=O)NCC(F)(F)F. The van der Waals surface area contributed by atoms with Gasteiger partial charge < -0.3 is 10.6 Å².